The fourth-order valence-electron chi connectivity index (χ4n) is 7.71. The first-order chi connectivity index (χ1) is 19.4. The normalized spacial score (nSPS) is 26.4. The Labute approximate surface area is 238 Å². The van der Waals surface area contributed by atoms with E-state index in [1.54, 1.807) is 7.11 Å². The fraction of sp³-hybridized carbons (Fsp3) is 0.429. The Morgan fingerprint density at radius 3 is 2.73 bits per heavy atom. The summed E-state index contributed by atoms with van der Waals surface area (Å²) in [6.45, 7) is 7.04. The molecule has 3 aliphatic rings. The van der Waals surface area contributed by atoms with Crippen LogP contribution in [0.25, 0.3) is 0 Å². The van der Waals surface area contributed by atoms with Crippen molar-refractivity contribution in [2.24, 2.45) is 27.5 Å². The molecule has 0 aliphatic heterocycles. The lowest BCUT2D eigenvalue weighted by molar-refractivity contribution is 0.0955. The summed E-state index contributed by atoms with van der Waals surface area (Å²) in [6, 6.07) is 18.2. The Balaban J connectivity index is 1.17. The predicted molar refractivity (Wildman–Crippen MR) is 161 cm³/mol. The van der Waals surface area contributed by atoms with Crippen LogP contribution in [-0.4, -0.2) is 24.1 Å². The van der Waals surface area contributed by atoms with Gasteiger partial charge in [-0.2, -0.15) is 10.2 Å². The summed E-state index contributed by atoms with van der Waals surface area (Å²) >= 11 is 0. The summed E-state index contributed by atoms with van der Waals surface area (Å²) < 4.78 is 11.8. The van der Waals surface area contributed by atoms with Crippen LogP contribution in [0, 0.1) is 31.1 Å². The molecule has 0 bridgehead atoms. The number of nitrogens with zero attached hydrogens (tertiary/aromatic N) is 2. The average molecular weight is 537 g/mol. The highest BCUT2D eigenvalue weighted by Crippen LogP contribution is 2.60. The highest BCUT2D eigenvalue weighted by Gasteiger charge is 2.53. The van der Waals surface area contributed by atoms with Crippen LogP contribution in [0.15, 0.2) is 64.8 Å². The number of ether oxygens (including phenoxy) is 2. The Bertz CT molecular complexity index is 1480. The molecule has 2 saturated carbocycles. The fourth-order valence-corrected chi connectivity index (χ4v) is 7.71. The molecule has 0 unspecified atom stereocenters. The number of phenolic OH excluding ortho intramolecular Hbond substituents is 1. The van der Waals surface area contributed by atoms with Crippen molar-refractivity contribution in [3.63, 3.8) is 0 Å². The molecule has 0 amide bonds. The molecule has 3 aromatic rings. The minimum Gasteiger partial charge on any atom is -0.508 e. The molecule has 208 valence electrons. The highest BCUT2D eigenvalue weighted by molar-refractivity contribution is 5.93. The number of hydrogen-bond acceptors (Lipinski definition) is 5. The van der Waals surface area contributed by atoms with Crippen LogP contribution in [-0.2, 0) is 13.0 Å². The number of methoxy groups -OCH3 is 1. The Morgan fingerprint density at radius 1 is 1.00 bits per heavy atom. The number of aromatic hydroxyl groups is 1. The van der Waals surface area contributed by atoms with Gasteiger partial charge in [0.05, 0.1) is 13.3 Å². The molecule has 0 heterocycles. The van der Waals surface area contributed by atoms with Crippen molar-refractivity contribution in [2.45, 2.75) is 71.8 Å². The third-order valence-corrected chi connectivity index (χ3v) is 10.1. The van der Waals surface area contributed by atoms with E-state index < -0.39 is 0 Å². The van der Waals surface area contributed by atoms with E-state index in [9.17, 15) is 5.11 Å². The van der Waals surface area contributed by atoms with Crippen LogP contribution in [0.5, 0.6) is 17.2 Å². The van der Waals surface area contributed by atoms with Crippen LogP contribution >= 0.6 is 0 Å². The van der Waals surface area contributed by atoms with Gasteiger partial charge in [-0.3, -0.25) is 0 Å². The van der Waals surface area contributed by atoms with Gasteiger partial charge in [-0.1, -0.05) is 25.1 Å². The van der Waals surface area contributed by atoms with Crippen LogP contribution in [0.3, 0.4) is 0 Å². The van der Waals surface area contributed by atoms with Gasteiger partial charge in [0.15, 0.2) is 0 Å². The first-order valence-electron chi connectivity index (χ1n) is 14.7. The highest BCUT2D eigenvalue weighted by atomic mass is 16.5. The summed E-state index contributed by atoms with van der Waals surface area (Å²) in [5.41, 5.74) is 8.54. The monoisotopic (exact) mass is 536 g/mol. The second-order valence-corrected chi connectivity index (χ2v) is 12.1. The molecule has 5 heteroatoms. The topological polar surface area (TPSA) is 63.4 Å². The van der Waals surface area contributed by atoms with Gasteiger partial charge in [0, 0.05) is 16.7 Å². The smallest absolute Gasteiger partial charge is 0.125 e. The van der Waals surface area contributed by atoms with E-state index in [0.29, 0.717) is 30.1 Å². The molecule has 2 fully saturated rings. The molecule has 0 aromatic heterocycles. The van der Waals surface area contributed by atoms with Crippen molar-refractivity contribution in [3.8, 4) is 17.2 Å². The Morgan fingerprint density at radius 2 is 1.88 bits per heavy atom. The minimum absolute atomic E-state index is 0.123. The molecule has 5 nitrogen and oxygen atoms in total. The van der Waals surface area contributed by atoms with Crippen LogP contribution in [0.1, 0.15) is 78.3 Å². The lowest BCUT2D eigenvalue weighted by atomic mass is 9.55. The second-order valence-electron chi connectivity index (χ2n) is 12.1. The summed E-state index contributed by atoms with van der Waals surface area (Å²) in [5.74, 6) is 4.04. The molecule has 3 aliphatic carbocycles. The summed E-state index contributed by atoms with van der Waals surface area (Å²) in [4.78, 5) is 0. The number of phenols is 1. The lowest BCUT2D eigenvalue weighted by Gasteiger charge is -2.49. The minimum atomic E-state index is 0.123. The van der Waals surface area contributed by atoms with Crippen molar-refractivity contribution in [1.82, 2.24) is 0 Å². The lowest BCUT2D eigenvalue weighted by Crippen LogP contribution is -2.42. The number of rotatable bonds is 6. The molecular weight excluding hydrogens is 496 g/mol. The average Bonchev–Trinajstić information content (AvgIpc) is 3.29. The molecule has 0 spiro atoms. The van der Waals surface area contributed by atoms with Crippen LogP contribution in [0.2, 0.25) is 0 Å². The number of benzene rings is 3. The van der Waals surface area contributed by atoms with E-state index in [4.69, 9.17) is 14.6 Å². The van der Waals surface area contributed by atoms with Gasteiger partial charge in [-0.05, 0) is 134 Å². The SMILES string of the molecule is COc1ccc(/C=N\N=C2\CC[C@H]3[C@H]4CCc5cc(O)ccc5[C@@H]4CC[C@@]23C)cc1COc1cccc(C)c1C. The molecule has 40 heavy (non-hydrogen) atoms. The van der Waals surface area contributed by atoms with Gasteiger partial charge in [-0.15, -0.1) is 0 Å². The van der Waals surface area contributed by atoms with Gasteiger partial charge < -0.3 is 14.6 Å². The molecule has 1 N–H and O–H groups in total. The van der Waals surface area contributed by atoms with Gasteiger partial charge in [-0.25, -0.2) is 0 Å². The van der Waals surface area contributed by atoms with E-state index in [0.717, 1.165) is 47.5 Å². The Kier molecular flexibility index (Phi) is 7.16. The third-order valence-electron chi connectivity index (χ3n) is 10.1. The molecule has 0 saturated heterocycles. The van der Waals surface area contributed by atoms with E-state index in [1.165, 1.54) is 41.7 Å². The summed E-state index contributed by atoms with van der Waals surface area (Å²) in [7, 11) is 1.69. The zero-order chi connectivity index (χ0) is 27.9. The zero-order valence-electron chi connectivity index (χ0n) is 24.1. The van der Waals surface area contributed by atoms with Gasteiger partial charge in [0.25, 0.3) is 0 Å². The first-order valence-corrected chi connectivity index (χ1v) is 14.7. The maximum Gasteiger partial charge on any atom is 0.125 e. The quantitative estimate of drug-likeness (QED) is 0.257. The zero-order valence-corrected chi connectivity index (χ0v) is 24.1. The number of hydrogen-bond donors (Lipinski definition) is 1. The van der Waals surface area contributed by atoms with Gasteiger partial charge in [0.1, 0.15) is 23.9 Å². The van der Waals surface area contributed by atoms with Gasteiger partial charge in [0.2, 0.25) is 0 Å². The second kappa shape index (κ2) is 10.8. The predicted octanol–water partition coefficient (Wildman–Crippen LogP) is 7.93. The van der Waals surface area contributed by atoms with E-state index in [2.05, 4.69) is 44.1 Å². The van der Waals surface area contributed by atoms with Crippen molar-refractivity contribution in [2.75, 3.05) is 7.11 Å². The number of fused-ring (bicyclic) bond motifs is 5. The summed E-state index contributed by atoms with van der Waals surface area (Å²) in [5, 5.41) is 19.4. The standard InChI is InChI=1S/C35H40N2O3/c1-22-6-5-7-32(23(22)2)40-21-26-18-24(8-14-33(26)39-4)20-36-37-34-15-13-31-30-11-9-25-19-27(38)10-12-28(25)29(30)16-17-35(31,34)3/h5-8,10,12,14,18-20,29-31,38H,9,11,13,15-17,21H2,1-4H3/b36-20-,37-34-/t29-,30-,31-,35+/m0/s1. The van der Waals surface area contributed by atoms with Crippen molar-refractivity contribution in [3.05, 3.63) is 88.0 Å². The first kappa shape index (κ1) is 26.6. The van der Waals surface area contributed by atoms with Crippen molar-refractivity contribution < 1.29 is 14.6 Å². The molecule has 3 aromatic carbocycles. The van der Waals surface area contributed by atoms with E-state index in [-0.39, 0.29) is 5.41 Å². The van der Waals surface area contributed by atoms with Gasteiger partial charge >= 0.3 is 0 Å². The molecular formula is C35H40N2O3. The maximum atomic E-state index is 9.97. The maximum absolute atomic E-state index is 9.97. The van der Waals surface area contributed by atoms with Crippen LogP contribution in [0.4, 0.5) is 0 Å². The van der Waals surface area contributed by atoms with E-state index in [1.807, 2.05) is 42.6 Å². The molecule has 4 atom stereocenters. The van der Waals surface area contributed by atoms with Crippen molar-refractivity contribution >= 4 is 11.9 Å². The summed E-state index contributed by atoms with van der Waals surface area (Å²) in [6.07, 6.45) is 8.69. The molecule has 6 rings (SSSR count). The molecule has 0 radical (unpaired) electrons. The number of aryl methyl sites for hydroxylation is 2. The van der Waals surface area contributed by atoms with Crippen molar-refractivity contribution in [1.29, 1.82) is 0 Å². The third kappa shape index (κ3) is 4.80. The largest absolute Gasteiger partial charge is 0.508 e. The van der Waals surface area contributed by atoms with Crippen LogP contribution < -0.4 is 9.47 Å². The Hall–Kier alpha value is -3.60. The van der Waals surface area contributed by atoms with E-state index >= 15 is 0 Å².